The van der Waals surface area contributed by atoms with Gasteiger partial charge in [0.15, 0.2) is 5.82 Å². The molecule has 2 aromatic rings. The van der Waals surface area contributed by atoms with Crippen LogP contribution in [0.1, 0.15) is 11.4 Å². The topological polar surface area (TPSA) is 58.4 Å². The van der Waals surface area contributed by atoms with Crippen molar-refractivity contribution in [2.45, 2.75) is 6.92 Å². The normalized spacial score (nSPS) is 10.8. The molecule has 0 aliphatic carbocycles. The van der Waals surface area contributed by atoms with E-state index < -0.39 is 0 Å². The summed E-state index contributed by atoms with van der Waals surface area (Å²) in [5.41, 5.74) is 2.37. The van der Waals surface area contributed by atoms with Gasteiger partial charge in [-0.2, -0.15) is 0 Å². The van der Waals surface area contributed by atoms with Gasteiger partial charge in [0.25, 0.3) is 0 Å². The standard InChI is InChI=1S/C12H11N3O/c1-9-7-11(8-13-16)15-12(14-9)10-5-3-2-4-6-10/h2-8,16H,1H3/b13-8+. The van der Waals surface area contributed by atoms with E-state index in [1.807, 2.05) is 37.3 Å². The average molecular weight is 213 g/mol. The van der Waals surface area contributed by atoms with E-state index in [9.17, 15) is 0 Å². The number of hydrogen-bond donors (Lipinski definition) is 1. The Labute approximate surface area is 93.3 Å². The summed E-state index contributed by atoms with van der Waals surface area (Å²) in [6.45, 7) is 1.88. The average Bonchev–Trinajstić information content (AvgIpc) is 2.30. The number of aryl methyl sites for hydroxylation is 1. The predicted octanol–water partition coefficient (Wildman–Crippen LogP) is 2.26. The number of oxime groups is 1. The van der Waals surface area contributed by atoms with Crippen molar-refractivity contribution in [3.8, 4) is 11.4 Å². The lowest BCUT2D eigenvalue weighted by atomic mass is 10.2. The lowest BCUT2D eigenvalue weighted by Crippen LogP contribution is -1.97. The molecule has 0 aliphatic heterocycles. The van der Waals surface area contributed by atoms with Crippen LogP contribution in [0.5, 0.6) is 0 Å². The first kappa shape index (κ1) is 10.3. The fourth-order valence-electron chi connectivity index (χ4n) is 1.43. The first-order valence-electron chi connectivity index (χ1n) is 4.88. The molecule has 16 heavy (non-hydrogen) atoms. The van der Waals surface area contributed by atoms with Crippen LogP contribution < -0.4 is 0 Å². The van der Waals surface area contributed by atoms with Gasteiger partial charge in [0, 0.05) is 11.3 Å². The van der Waals surface area contributed by atoms with Gasteiger partial charge in [-0.15, -0.1) is 0 Å². The minimum Gasteiger partial charge on any atom is -0.411 e. The Hall–Kier alpha value is -2.23. The van der Waals surface area contributed by atoms with E-state index in [-0.39, 0.29) is 0 Å². The Balaban J connectivity index is 2.49. The Morgan fingerprint density at radius 3 is 2.62 bits per heavy atom. The van der Waals surface area contributed by atoms with E-state index in [2.05, 4.69) is 15.1 Å². The van der Waals surface area contributed by atoms with Crippen molar-refractivity contribution in [2.24, 2.45) is 5.16 Å². The van der Waals surface area contributed by atoms with E-state index in [0.717, 1.165) is 11.3 Å². The number of rotatable bonds is 2. The summed E-state index contributed by atoms with van der Waals surface area (Å²) >= 11 is 0. The van der Waals surface area contributed by atoms with Gasteiger partial charge < -0.3 is 5.21 Å². The van der Waals surface area contributed by atoms with Crippen LogP contribution >= 0.6 is 0 Å². The van der Waals surface area contributed by atoms with Gasteiger partial charge >= 0.3 is 0 Å². The largest absolute Gasteiger partial charge is 0.411 e. The second-order valence-electron chi connectivity index (χ2n) is 3.37. The molecule has 2 rings (SSSR count). The maximum Gasteiger partial charge on any atom is 0.160 e. The van der Waals surface area contributed by atoms with E-state index in [1.54, 1.807) is 6.07 Å². The molecule has 4 heteroatoms. The van der Waals surface area contributed by atoms with Crippen molar-refractivity contribution in [1.29, 1.82) is 0 Å². The number of hydrogen-bond acceptors (Lipinski definition) is 4. The fraction of sp³-hybridized carbons (Fsp3) is 0.0833. The van der Waals surface area contributed by atoms with Gasteiger partial charge in [0.2, 0.25) is 0 Å². The van der Waals surface area contributed by atoms with Crippen LogP contribution in [-0.2, 0) is 0 Å². The third-order valence-electron chi connectivity index (χ3n) is 2.10. The third kappa shape index (κ3) is 2.23. The Kier molecular flexibility index (Phi) is 2.91. The molecule has 0 aliphatic rings. The van der Waals surface area contributed by atoms with Gasteiger partial charge in [-0.25, -0.2) is 9.97 Å². The first-order chi connectivity index (χ1) is 7.79. The zero-order valence-corrected chi connectivity index (χ0v) is 8.83. The van der Waals surface area contributed by atoms with E-state index in [4.69, 9.17) is 5.21 Å². The maximum absolute atomic E-state index is 8.48. The van der Waals surface area contributed by atoms with Crippen molar-refractivity contribution in [2.75, 3.05) is 0 Å². The summed E-state index contributed by atoms with van der Waals surface area (Å²) in [4.78, 5) is 8.61. The molecule has 0 bridgehead atoms. The summed E-state index contributed by atoms with van der Waals surface area (Å²) in [5, 5.41) is 11.4. The summed E-state index contributed by atoms with van der Waals surface area (Å²) in [6.07, 6.45) is 1.29. The molecule has 0 saturated heterocycles. The smallest absolute Gasteiger partial charge is 0.160 e. The summed E-state index contributed by atoms with van der Waals surface area (Å²) in [5.74, 6) is 0.635. The van der Waals surface area contributed by atoms with E-state index in [1.165, 1.54) is 6.21 Å². The monoisotopic (exact) mass is 213 g/mol. The zero-order chi connectivity index (χ0) is 11.4. The minimum atomic E-state index is 0.592. The Bertz CT molecular complexity index is 509. The van der Waals surface area contributed by atoms with Gasteiger partial charge in [0.05, 0.1) is 11.9 Å². The fourth-order valence-corrected chi connectivity index (χ4v) is 1.43. The van der Waals surface area contributed by atoms with Crippen molar-refractivity contribution >= 4 is 6.21 Å². The quantitative estimate of drug-likeness (QED) is 0.473. The molecule has 1 N–H and O–H groups in total. The summed E-state index contributed by atoms with van der Waals surface area (Å²) in [7, 11) is 0. The van der Waals surface area contributed by atoms with Crippen molar-refractivity contribution < 1.29 is 5.21 Å². The van der Waals surface area contributed by atoms with E-state index >= 15 is 0 Å². The molecule has 0 atom stereocenters. The number of nitrogens with zero attached hydrogens (tertiary/aromatic N) is 3. The Morgan fingerprint density at radius 1 is 1.19 bits per heavy atom. The molecule has 1 aromatic carbocycles. The third-order valence-corrected chi connectivity index (χ3v) is 2.10. The molecule has 1 aromatic heterocycles. The molecule has 0 fully saturated rings. The zero-order valence-electron chi connectivity index (χ0n) is 8.83. The van der Waals surface area contributed by atoms with Crippen LogP contribution in [0, 0.1) is 6.92 Å². The van der Waals surface area contributed by atoms with Gasteiger partial charge in [-0.3, -0.25) is 0 Å². The molecule has 0 spiro atoms. The molecule has 0 saturated carbocycles. The summed E-state index contributed by atoms with van der Waals surface area (Å²) < 4.78 is 0. The predicted molar refractivity (Wildman–Crippen MR) is 61.6 cm³/mol. The lowest BCUT2D eigenvalue weighted by Gasteiger charge is -2.02. The lowest BCUT2D eigenvalue weighted by molar-refractivity contribution is 0.321. The number of aromatic nitrogens is 2. The van der Waals surface area contributed by atoms with Crippen LogP contribution in [0.25, 0.3) is 11.4 Å². The van der Waals surface area contributed by atoms with Crippen molar-refractivity contribution in [1.82, 2.24) is 9.97 Å². The molecule has 1 heterocycles. The highest BCUT2D eigenvalue weighted by atomic mass is 16.4. The van der Waals surface area contributed by atoms with Crippen molar-refractivity contribution in [3.63, 3.8) is 0 Å². The second-order valence-corrected chi connectivity index (χ2v) is 3.37. The van der Waals surface area contributed by atoms with Crippen LogP contribution in [0.3, 0.4) is 0 Å². The van der Waals surface area contributed by atoms with Crippen LogP contribution in [0.4, 0.5) is 0 Å². The highest BCUT2D eigenvalue weighted by Gasteiger charge is 2.02. The molecule has 0 amide bonds. The highest BCUT2D eigenvalue weighted by Crippen LogP contribution is 2.14. The van der Waals surface area contributed by atoms with Crippen molar-refractivity contribution in [3.05, 3.63) is 47.8 Å². The minimum absolute atomic E-state index is 0.592. The second kappa shape index (κ2) is 4.53. The van der Waals surface area contributed by atoms with Crippen LogP contribution in [0.2, 0.25) is 0 Å². The van der Waals surface area contributed by atoms with E-state index in [0.29, 0.717) is 11.5 Å². The first-order valence-corrected chi connectivity index (χ1v) is 4.88. The van der Waals surface area contributed by atoms with Gasteiger partial charge in [-0.1, -0.05) is 35.5 Å². The molecular formula is C12H11N3O. The number of benzene rings is 1. The Morgan fingerprint density at radius 2 is 1.94 bits per heavy atom. The van der Waals surface area contributed by atoms with Crippen LogP contribution in [0.15, 0.2) is 41.6 Å². The molecule has 0 radical (unpaired) electrons. The summed E-state index contributed by atoms with van der Waals surface area (Å²) in [6, 6.07) is 11.4. The van der Waals surface area contributed by atoms with Gasteiger partial charge in [-0.05, 0) is 13.0 Å². The molecular weight excluding hydrogens is 202 g/mol. The van der Waals surface area contributed by atoms with Crippen LogP contribution in [-0.4, -0.2) is 21.4 Å². The SMILES string of the molecule is Cc1cc(/C=N/O)nc(-c2ccccc2)n1. The maximum atomic E-state index is 8.48. The molecule has 0 unspecified atom stereocenters. The molecule has 80 valence electrons. The van der Waals surface area contributed by atoms with Gasteiger partial charge in [0.1, 0.15) is 0 Å². The highest BCUT2D eigenvalue weighted by molar-refractivity contribution is 5.77. The molecule has 4 nitrogen and oxygen atoms in total.